The Kier molecular flexibility index (Phi) is 6.01. The molecule has 1 aromatic carbocycles. The van der Waals surface area contributed by atoms with E-state index in [9.17, 15) is 0 Å². The number of benzene rings is 1. The molecule has 0 radical (unpaired) electrons. The molecular formula is C24H37BN2O3Si. The monoisotopic (exact) mass is 440 g/mol. The van der Waals surface area contributed by atoms with Crippen LogP contribution in [0.1, 0.15) is 52.1 Å². The van der Waals surface area contributed by atoms with E-state index >= 15 is 0 Å². The molecule has 168 valence electrons. The number of rotatable bonds is 8. The average Bonchev–Trinajstić information content (AvgIpc) is 3.39. The van der Waals surface area contributed by atoms with Crippen LogP contribution in [0.3, 0.4) is 0 Å². The summed E-state index contributed by atoms with van der Waals surface area (Å²) in [5, 5.41) is 0. The number of ether oxygens (including phenoxy) is 1. The van der Waals surface area contributed by atoms with Crippen LogP contribution in [-0.2, 0) is 20.8 Å². The van der Waals surface area contributed by atoms with E-state index in [0.29, 0.717) is 12.6 Å². The van der Waals surface area contributed by atoms with Crippen molar-refractivity contribution in [2.75, 3.05) is 6.61 Å². The third-order valence-corrected chi connectivity index (χ3v) is 8.42. The molecule has 0 unspecified atom stereocenters. The Balaban J connectivity index is 1.50. The van der Waals surface area contributed by atoms with Gasteiger partial charge in [0.1, 0.15) is 12.6 Å². The molecule has 2 heterocycles. The molecule has 1 aliphatic carbocycles. The molecule has 2 aromatic rings. The van der Waals surface area contributed by atoms with E-state index in [1.165, 1.54) is 24.6 Å². The van der Waals surface area contributed by atoms with Crippen LogP contribution in [0.5, 0.6) is 0 Å². The topological polar surface area (TPSA) is 45.5 Å². The molecule has 1 aromatic heterocycles. The summed E-state index contributed by atoms with van der Waals surface area (Å²) in [6.07, 6.45) is 4.67. The fraction of sp³-hybridized carbons (Fsp3) is 0.625. The zero-order valence-electron chi connectivity index (χ0n) is 20.2. The van der Waals surface area contributed by atoms with Crippen molar-refractivity contribution in [1.29, 1.82) is 0 Å². The van der Waals surface area contributed by atoms with Gasteiger partial charge in [0, 0.05) is 32.4 Å². The van der Waals surface area contributed by atoms with Crippen molar-refractivity contribution >= 4 is 20.7 Å². The van der Waals surface area contributed by atoms with Crippen LogP contribution in [0, 0.1) is 0 Å². The highest BCUT2D eigenvalue weighted by Crippen LogP contribution is 2.40. The maximum absolute atomic E-state index is 6.20. The van der Waals surface area contributed by atoms with Gasteiger partial charge in [-0.05, 0) is 52.0 Å². The SMILES string of the molecule is CC1(C)OB(c2ccc(-c3nc(C4CC4)cn3COCC[Si](C)(C)C)cc2)OC1(C)C. The smallest absolute Gasteiger partial charge is 0.399 e. The molecule has 0 spiro atoms. The van der Waals surface area contributed by atoms with Crippen molar-refractivity contribution in [3.8, 4) is 11.4 Å². The summed E-state index contributed by atoms with van der Waals surface area (Å²) in [6, 6.07) is 9.61. The van der Waals surface area contributed by atoms with Crippen molar-refractivity contribution in [3.63, 3.8) is 0 Å². The largest absolute Gasteiger partial charge is 0.494 e. The molecular weight excluding hydrogens is 403 g/mol. The van der Waals surface area contributed by atoms with Gasteiger partial charge < -0.3 is 18.6 Å². The molecule has 0 amide bonds. The Labute approximate surface area is 188 Å². The maximum atomic E-state index is 6.20. The van der Waals surface area contributed by atoms with Crippen molar-refractivity contribution in [3.05, 3.63) is 36.2 Å². The van der Waals surface area contributed by atoms with E-state index in [4.69, 9.17) is 19.0 Å². The van der Waals surface area contributed by atoms with Gasteiger partial charge in [0.2, 0.25) is 0 Å². The van der Waals surface area contributed by atoms with E-state index in [1.807, 2.05) is 0 Å². The lowest BCUT2D eigenvalue weighted by molar-refractivity contribution is 0.00578. The summed E-state index contributed by atoms with van der Waals surface area (Å²) >= 11 is 0. The van der Waals surface area contributed by atoms with Crippen molar-refractivity contribution < 1.29 is 14.0 Å². The highest BCUT2D eigenvalue weighted by molar-refractivity contribution is 6.76. The van der Waals surface area contributed by atoms with Gasteiger partial charge in [0.15, 0.2) is 0 Å². The maximum Gasteiger partial charge on any atom is 0.494 e. The second kappa shape index (κ2) is 8.18. The lowest BCUT2D eigenvalue weighted by Gasteiger charge is -2.32. The van der Waals surface area contributed by atoms with Crippen LogP contribution >= 0.6 is 0 Å². The quantitative estimate of drug-likeness (QED) is 0.426. The second-order valence-corrected chi connectivity index (χ2v) is 16.9. The van der Waals surface area contributed by atoms with E-state index in [-0.39, 0.29) is 18.3 Å². The van der Waals surface area contributed by atoms with Gasteiger partial charge in [0.25, 0.3) is 0 Å². The third kappa shape index (κ3) is 5.16. The highest BCUT2D eigenvalue weighted by atomic mass is 28.3. The molecule has 0 atom stereocenters. The molecule has 0 N–H and O–H groups in total. The first kappa shape index (κ1) is 22.8. The number of aromatic nitrogens is 2. The summed E-state index contributed by atoms with van der Waals surface area (Å²) in [7, 11) is -1.43. The van der Waals surface area contributed by atoms with Gasteiger partial charge >= 0.3 is 7.12 Å². The predicted octanol–water partition coefficient (Wildman–Crippen LogP) is 5.04. The molecule has 1 saturated heterocycles. The van der Waals surface area contributed by atoms with Gasteiger partial charge in [-0.25, -0.2) is 4.98 Å². The summed E-state index contributed by atoms with van der Waals surface area (Å²) in [5.74, 6) is 1.60. The van der Waals surface area contributed by atoms with E-state index < -0.39 is 8.07 Å². The minimum atomic E-state index is -1.09. The number of imidazole rings is 1. The molecule has 2 fully saturated rings. The Morgan fingerprint density at radius 2 is 1.68 bits per heavy atom. The van der Waals surface area contributed by atoms with E-state index in [2.05, 4.69) is 82.4 Å². The average molecular weight is 440 g/mol. The minimum absolute atomic E-state index is 0.334. The predicted molar refractivity (Wildman–Crippen MR) is 129 cm³/mol. The summed E-state index contributed by atoms with van der Waals surface area (Å²) in [4.78, 5) is 4.97. The fourth-order valence-electron chi connectivity index (χ4n) is 3.65. The first-order valence-electron chi connectivity index (χ1n) is 11.6. The Morgan fingerprint density at radius 3 is 2.23 bits per heavy atom. The Hall–Kier alpha value is -1.41. The lowest BCUT2D eigenvalue weighted by Crippen LogP contribution is -2.41. The molecule has 5 nitrogen and oxygen atoms in total. The third-order valence-electron chi connectivity index (χ3n) is 6.71. The van der Waals surface area contributed by atoms with Crippen LogP contribution in [0.4, 0.5) is 0 Å². The molecule has 31 heavy (non-hydrogen) atoms. The van der Waals surface area contributed by atoms with Crippen molar-refractivity contribution in [2.24, 2.45) is 0 Å². The summed E-state index contributed by atoms with van der Waals surface area (Å²) in [5.41, 5.74) is 2.66. The molecule has 1 saturated carbocycles. The Bertz CT molecular complexity index is 898. The number of hydrogen-bond donors (Lipinski definition) is 0. The van der Waals surface area contributed by atoms with E-state index in [1.54, 1.807) is 0 Å². The summed E-state index contributed by atoms with van der Waals surface area (Å²) in [6.45, 7) is 16.8. The molecule has 2 aliphatic rings. The summed E-state index contributed by atoms with van der Waals surface area (Å²) < 4.78 is 20.6. The zero-order chi connectivity index (χ0) is 22.4. The van der Waals surface area contributed by atoms with Crippen molar-refractivity contribution in [2.45, 2.75) is 90.1 Å². The number of nitrogens with zero attached hydrogens (tertiary/aromatic N) is 2. The molecule has 7 heteroatoms. The number of hydrogen-bond acceptors (Lipinski definition) is 4. The van der Waals surface area contributed by atoms with Crippen LogP contribution in [0.25, 0.3) is 11.4 Å². The standard InChI is InChI=1S/C24H37BN2O3Si/c1-23(2)24(3,4)30-25(29-23)20-12-10-19(11-13-20)22-26-21(18-8-9-18)16-27(22)17-28-14-15-31(5,6)7/h10-13,16,18H,8-9,14-15,17H2,1-7H3. The zero-order valence-corrected chi connectivity index (χ0v) is 21.2. The van der Waals surface area contributed by atoms with E-state index in [0.717, 1.165) is 23.5 Å². The molecule has 4 rings (SSSR count). The van der Waals surface area contributed by atoms with Gasteiger partial charge in [-0.15, -0.1) is 0 Å². The van der Waals surface area contributed by atoms with Crippen LogP contribution in [0.15, 0.2) is 30.5 Å². The normalized spacial score (nSPS) is 20.4. The lowest BCUT2D eigenvalue weighted by atomic mass is 9.79. The van der Waals surface area contributed by atoms with Crippen LogP contribution in [-0.4, -0.2) is 42.6 Å². The van der Waals surface area contributed by atoms with Crippen LogP contribution in [0.2, 0.25) is 25.7 Å². The van der Waals surface area contributed by atoms with Gasteiger partial charge in [-0.2, -0.15) is 0 Å². The van der Waals surface area contributed by atoms with Gasteiger partial charge in [-0.1, -0.05) is 43.9 Å². The first-order valence-corrected chi connectivity index (χ1v) is 15.3. The highest BCUT2D eigenvalue weighted by Gasteiger charge is 2.51. The molecule has 0 bridgehead atoms. The fourth-order valence-corrected chi connectivity index (χ4v) is 4.41. The van der Waals surface area contributed by atoms with Gasteiger partial charge in [-0.3, -0.25) is 0 Å². The van der Waals surface area contributed by atoms with Crippen molar-refractivity contribution in [1.82, 2.24) is 9.55 Å². The second-order valence-electron chi connectivity index (χ2n) is 11.3. The van der Waals surface area contributed by atoms with Gasteiger partial charge in [0.05, 0.1) is 16.9 Å². The van der Waals surface area contributed by atoms with Crippen LogP contribution < -0.4 is 5.46 Å². The first-order chi connectivity index (χ1) is 14.5. The Morgan fingerprint density at radius 1 is 1.06 bits per heavy atom. The molecule has 1 aliphatic heterocycles. The minimum Gasteiger partial charge on any atom is -0.399 e.